The Hall–Kier alpha value is -2.56. The van der Waals surface area contributed by atoms with Gasteiger partial charge in [-0.25, -0.2) is 4.39 Å². The van der Waals surface area contributed by atoms with Crippen molar-refractivity contribution in [1.29, 1.82) is 0 Å². The van der Waals surface area contributed by atoms with E-state index in [1.807, 2.05) is 26.0 Å². The molecule has 24 heavy (non-hydrogen) atoms. The van der Waals surface area contributed by atoms with Crippen molar-refractivity contribution in [3.8, 4) is 11.5 Å². The number of carbonyl (C=O) groups is 1. The third-order valence-electron chi connectivity index (χ3n) is 3.78. The zero-order valence-corrected chi connectivity index (χ0v) is 14.1. The SMILES string of the molecule is COc1ccccc1OCC(=O)NCC(C)(C)c1ccc(F)cc1. The predicted octanol–water partition coefficient (Wildman–Crippen LogP) is 3.31. The number of amides is 1. The Bertz CT molecular complexity index is 683. The van der Waals surface area contributed by atoms with Crippen molar-refractivity contribution < 1.29 is 18.7 Å². The summed E-state index contributed by atoms with van der Waals surface area (Å²) in [6.45, 7) is 4.30. The number of para-hydroxylation sites is 2. The van der Waals surface area contributed by atoms with E-state index in [-0.39, 0.29) is 23.7 Å². The molecule has 0 saturated heterocycles. The van der Waals surface area contributed by atoms with E-state index in [9.17, 15) is 9.18 Å². The molecule has 0 aliphatic rings. The number of halogens is 1. The summed E-state index contributed by atoms with van der Waals surface area (Å²) in [7, 11) is 1.55. The van der Waals surface area contributed by atoms with Gasteiger partial charge in [0.2, 0.25) is 0 Å². The fraction of sp³-hybridized carbons (Fsp3) is 0.316. The first-order chi connectivity index (χ1) is 11.4. The first kappa shape index (κ1) is 17.8. The van der Waals surface area contributed by atoms with Crippen LogP contribution in [0.4, 0.5) is 4.39 Å². The molecule has 1 amide bonds. The maximum absolute atomic E-state index is 13.0. The molecule has 1 N–H and O–H groups in total. The van der Waals surface area contributed by atoms with Crippen LogP contribution in [-0.4, -0.2) is 26.2 Å². The maximum Gasteiger partial charge on any atom is 0.257 e. The van der Waals surface area contributed by atoms with Gasteiger partial charge < -0.3 is 14.8 Å². The van der Waals surface area contributed by atoms with Crippen molar-refractivity contribution in [2.75, 3.05) is 20.3 Å². The van der Waals surface area contributed by atoms with E-state index in [1.165, 1.54) is 12.1 Å². The lowest BCUT2D eigenvalue weighted by atomic mass is 9.84. The molecule has 0 unspecified atom stereocenters. The van der Waals surface area contributed by atoms with Crippen LogP contribution in [-0.2, 0) is 10.2 Å². The number of nitrogens with one attached hydrogen (secondary N) is 1. The Labute approximate surface area is 141 Å². The molecule has 0 fully saturated rings. The summed E-state index contributed by atoms with van der Waals surface area (Å²) < 4.78 is 23.7. The van der Waals surface area contributed by atoms with Crippen molar-refractivity contribution in [3.05, 3.63) is 59.9 Å². The molecule has 0 atom stereocenters. The fourth-order valence-corrected chi connectivity index (χ4v) is 2.26. The number of hydrogen-bond donors (Lipinski definition) is 1. The summed E-state index contributed by atoms with van der Waals surface area (Å²) in [5.41, 5.74) is 0.642. The highest BCUT2D eigenvalue weighted by atomic mass is 19.1. The van der Waals surface area contributed by atoms with Crippen LogP contribution in [0.5, 0.6) is 11.5 Å². The van der Waals surface area contributed by atoms with Crippen LogP contribution in [0.25, 0.3) is 0 Å². The van der Waals surface area contributed by atoms with E-state index < -0.39 is 0 Å². The molecule has 0 aliphatic carbocycles. The second kappa shape index (κ2) is 7.81. The van der Waals surface area contributed by atoms with Gasteiger partial charge >= 0.3 is 0 Å². The summed E-state index contributed by atoms with van der Waals surface area (Å²) in [5, 5.41) is 2.85. The Morgan fingerprint density at radius 3 is 2.33 bits per heavy atom. The minimum atomic E-state index is -0.312. The molecule has 0 spiro atoms. The molecule has 0 saturated carbocycles. The van der Waals surface area contributed by atoms with Crippen LogP contribution in [0.15, 0.2) is 48.5 Å². The van der Waals surface area contributed by atoms with Crippen LogP contribution in [0.1, 0.15) is 19.4 Å². The molecule has 2 aromatic carbocycles. The molecule has 0 aliphatic heterocycles. The van der Waals surface area contributed by atoms with Gasteiger partial charge in [0.05, 0.1) is 7.11 Å². The Kier molecular flexibility index (Phi) is 5.79. The number of rotatable bonds is 7. The van der Waals surface area contributed by atoms with Crippen molar-refractivity contribution >= 4 is 5.91 Å². The second-order valence-electron chi connectivity index (χ2n) is 6.11. The zero-order chi connectivity index (χ0) is 17.6. The van der Waals surface area contributed by atoms with Gasteiger partial charge in [-0.3, -0.25) is 4.79 Å². The highest BCUT2D eigenvalue weighted by Gasteiger charge is 2.21. The van der Waals surface area contributed by atoms with Gasteiger partial charge in [0.1, 0.15) is 5.82 Å². The van der Waals surface area contributed by atoms with Gasteiger partial charge in [-0.15, -0.1) is 0 Å². The Morgan fingerprint density at radius 2 is 1.71 bits per heavy atom. The minimum Gasteiger partial charge on any atom is -0.493 e. The molecule has 5 heteroatoms. The summed E-state index contributed by atoms with van der Waals surface area (Å²) >= 11 is 0. The second-order valence-corrected chi connectivity index (χ2v) is 6.11. The molecule has 4 nitrogen and oxygen atoms in total. The summed E-state index contributed by atoms with van der Waals surface area (Å²) in [4.78, 5) is 12.0. The first-order valence-corrected chi connectivity index (χ1v) is 7.71. The largest absolute Gasteiger partial charge is 0.493 e. The molecular weight excluding hydrogens is 309 g/mol. The van der Waals surface area contributed by atoms with Gasteiger partial charge in [-0.1, -0.05) is 38.1 Å². The Morgan fingerprint density at radius 1 is 1.08 bits per heavy atom. The minimum absolute atomic E-state index is 0.0974. The average molecular weight is 331 g/mol. The fourth-order valence-electron chi connectivity index (χ4n) is 2.26. The van der Waals surface area contributed by atoms with E-state index in [0.29, 0.717) is 18.0 Å². The quantitative estimate of drug-likeness (QED) is 0.847. The monoisotopic (exact) mass is 331 g/mol. The van der Waals surface area contributed by atoms with E-state index in [4.69, 9.17) is 9.47 Å². The molecule has 0 heterocycles. The Balaban J connectivity index is 1.87. The normalized spacial score (nSPS) is 11.0. The van der Waals surface area contributed by atoms with E-state index >= 15 is 0 Å². The molecule has 2 aromatic rings. The predicted molar refractivity (Wildman–Crippen MR) is 90.9 cm³/mol. The standard InChI is InChI=1S/C19H22FNO3/c1-19(2,14-8-10-15(20)11-9-14)13-21-18(22)12-24-17-7-5-4-6-16(17)23-3/h4-11H,12-13H2,1-3H3,(H,21,22). The van der Waals surface area contributed by atoms with E-state index in [0.717, 1.165) is 5.56 Å². The number of hydrogen-bond acceptors (Lipinski definition) is 3. The highest BCUT2D eigenvalue weighted by Crippen LogP contribution is 2.25. The van der Waals surface area contributed by atoms with Crippen molar-refractivity contribution in [2.24, 2.45) is 0 Å². The van der Waals surface area contributed by atoms with Gasteiger partial charge in [0.15, 0.2) is 18.1 Å². The number of methoxy groups -OCH3 is 1. The molecule has 0 bridgehead atoms. The third-order valence-corrected chi connectivity index (χ3v) is 3.78. The lowest BCUT2D eigenvalue weighted by Gasteiger charge is -2.25. The highest BCUT2D eigenvalue weighted by molar-refractivity contribution is 5.77. The number of ether oxygens (including phenoxy) is 2. The lowest BCUT2D eigenvalue weighted by molar-refractivity contribution is -0.123. The van der Waals surface area contributed by atoms with E-state index in [1.54, 1.807) is 31.4 Å². The summed E-state index contributed by atoms with van der Waals surface area (Å²) in [5.74, 6) is 0.602. The van der Waals surface area contributed by atoms with E-state index in [2.05, 4.69) is 5.32 Å². The first-order valence-electron chi connectivity index (χ1n) is 7.71. The maximum atomic E-state index is 13.0. The third kappa shape index (κ3) is 4.72. The number of carbonyl (C=O) groups excluding carboxylic acids is 1. The summed E-state index contributed by atoms with van der Waals surface area (Å²) in [6.07, 6.45) is 0. The molecule has 0 radical (unpaired) electrons. The molecule has 0 aromatic heterocycles. The smallest absolute Gasteiger partial charge is 0.257 e. The van der Waals surface area contributed by atoms with Gasteiger partial charge in [-0.2, -0.15) is 0 Å². The van der Waals surface area contributed by atoms with Gasteiger partial charge in [0.25, 0.3) is 5.91 Å². The number of benzene rings is 2. The molecule has 2 rings (SSSR count). The van der Waals surface area contributed by atoms with Crippen molar-refractivity contribution in [3.63, 3.8) is 0 Å². The lowest BCUT2D eigenvalue weighted by Crippen LogP contribution is -2.38. The molecule has 128 valence electrons. The van der Waals surface area contributed by atoms with Crippen LogP contribution < -0.4 is 14.8 Å². The summed E-state index contributed by atoms with van der Waals surface area (Å²) in [6, 6.07) is 13.5. The topological polar surface area (TPSA) is 47.6 Å². The molecular formula is C19H22FNO3. The van der Waals surface area contributed by atoms with Crippen molar-refractivity contribution in [2.45, 2.75) is 19.3 Å². The van der Waals surface area contributed by atoms with Gasteiger partial charge in [0, 0.05) is 12.0 Å². The van der Waals surface area contributed by atoms with Crippen LogP contribution >= 0.6 is 0 Å². The van der Waals surface area contributed by atoms with Gasteiger partial charge in [-0.05, 0) is 29.8 Å². The van der Waals surface area contributed by atoms with Crippen LogP contribution in [0.3, 0.4) is 0 Å². The van der Waals surface area contributed by atoms with Crippen LogP contribution in [0.2, 0.25) is 0 Å². The van der Waals surface area contributed by atoms with Crippen LogP contribution in [0, 0.1) is 5.82 Å². The average Bonchev–Trinajstić information content (AvgIpc) is 2.59. The van der Waals surface area contributed by atoms with Crippen molar-refractivity contribution in [1.82, 2.24) is 5.32 Å². The zero-order valence-electron chi connectivity index (χ0n) is 14.1.